The standard InChI is InChI=1S/C9H18N2O4/c1-2-3-4-11(7-8(10)13)9(14)15-6-5-12/h12H,2-7H2,1H3,(H2,10,13). The molecule has 0 radical (unpaired) electrons. The minimum atomic E-state index is -0.615. The zero-order valence-corrected chi connectivity index (χ0v) is 8.94. The minimum absolute atomic E-state index is 0.0692. The molecule has 0 saturated heterocycles. The summed E-state index contributed by atoms with van der Waals surface area (Å²) in [6.07, 6.45) is 1.07. The Bertz CT molecular complexity index is 208. The van der Waals surface area contributed by atoms with Gasteiger partial charge in [0.05, 0.1) is 6.61 Å². The first-order valence-electron chi connectivity index (χ1n) is 4.92. The molecule has 15 heavy (non-hydrogen) atoms. The van der Waals surface area contributed by atoms with Crippen LogP contribution in [0.4, 0.5) is 4.79 Å². The minimum Gasteiger partial charge on any atom is -0.447 e. The van der Waals surface area contributed by atoms with E-state index >= 15 is 0 Å². The maximum atomic E-state index is 11.3. The van der Waals surface area contributed by atoms with Gasteiger partial charge in [0.15, 0.2) is 0 Å². The molecule has 0 aromatic carbocycles. The van der Waals surface area contributed by atoms with Crippen molar-refractivity contribution in [3.63, 3.8) is 0 Å². The average molecular weight is 218 g/mol. The van der Waals surface area contributed by atoms with Crippen LogP contribution in [0.25, 0.3) is 0 Å². The second-order valence-corrected chi connectivity index (χ2v) is 3.08. The van der Waals surface area contributed by atoms with Gasteiger partial charge in [-0.25, -0.2) is 4.79 Å². The first kappa shape index (κ1) is 13.7. The molecule has 0 heterocycles. The Morgan fingerprint density at radius 3 is 2.60 bits per heavy atom. The number of carbonyl (C=O) groups is 2. The van der Waals surface area contributed by atoms with Crippen molar-refractivity contribution in [2.24, 2.45) is 5.73 Å². The first-order chi connectivity index (χ1) is 7.11. The van der Waals surface area contributed by atoms with Gasteiger partial charge in [-0.05, 0) is 6.42 Å². The van der Waals surface area contributed by atoms with Gasteiger partial charge in [0.2, 0.25) is 5.91 Å². The van der Waals surface area contributed by atoms with Gasteiger partial charge in [0.25, 0.3) is 0 Å². The molecule has 0 atom stereocenters. The molecule has 0 aliphatic rings. The lowest BCUT2D eigenvalue weighted by Gasteiger charge is -2.19. The van der Waals surface area contributed by atoms with Crippen LogP contribution >= 0.6 is 0 Å². The highest BCUT2D eigenvalue weighted by atomic mass is 16.6. The molecule has 88 valence electrons. The van der Waals surface area contributed by atoms with Crippen molar-refractivity contribution in [3.8, 4) is 0 Å². The van der Waals surface area contributed by atoms with Gasteiger partial charge in [-0.3, -0.25) is 9.69 Å². The number of hydrogen-bond donors (Lipinski definition) is 2. The largest absolute Gasteiger partial charge is 0.447 e. The Labute approximate surface area is 89.0 Å². The Hall–Kier alpha value is -1.30. The molecule has 0 aliphatic carbocycles. The average Bonchev–Trinajstić information content (AvgIpc) is 2.20. The fraction of sp³-hybridized carbons (Fsp3) is 0.778. The molecule has 0 saturated carbocycles. The van der Waals surface area contributed by atoms with Crippen molar-refractivity contribution >= 4 is 12.0 Å². The summed E-state index contributed by atoms with van der Waals surface area (Å²) in [7, 11) is 0. The van der Waals surface area contributed by atoms with Crippen LogP contribution in [0.3, 0.4) is 0 Å². The highest BCUT2D eigenvalue weighted by molar-refractivity contribution is 5.80. The lowest BCUT2D eigenvalue weighted by molar-refractivity contribution is -0.118. The number of rotatable bonds is 7. The number of hydrogen-bond acceptors (Lipinski definition) is 4. The summed E-state index contributed by atoms with van der Waals surface area (Å²) < 4.78 is 4.68. The van der Waals surface area contributed by atoms with E-state index in [0.29, 0.717) is 6.54 Å². The van der Waals surface area contributed by atoms with E-state index in [0.717, 1.165) is 12.8 Å². The van der Waals surface area contributed by atoms with Crippen molar-refractivity contribution in [1.29, 1.82) is 0 Å². The number of unbranched alkanes of at least 4 members (excludes halogenated alkanes) is 1. The molecular weight excluding hydrogens is 200 g/mol. The fourth-order valence-electron chi connectivity index (χ4n) is 0.996. The van der Waals surface area contributed by atoms with E-state index in [-0.39, 0.29) is 19.8 Å². The number of carbonyl (C=O) groups excluding carboxylic acids is 2. The maximum absolute atomic E-state index is 11.3. The quantitative estimate of drug-likeness (QED) is 0.613. The smallest absolute Gasteiger partial charge is 0.410 e. The van der Waals surface area contributed by atoms with Crippen LogP contribution in [-0.4, -0.2) is 48.3 Å². The lowest BCUT2D eigenvalue weighted by Crippen LogP contribution is -2.39. The van der Waals surface area contributed by atoms with E-state index in [1.54, 1.807) is 0 Å². The molecule has 0 aliphatic heterocycles. The van der Waals surface area contributed by atoms with E-state index < -0.39 is 12.0 Å². The highest BCUT2D eigenvalue weighted by Gasteiger charge is 2.16. The number of aliphatic hydroxyl groups is 1. The van der Waals surface area contributed by atoms with Gasteiger partial charge in [-0.2, -0.15) is 0 Å². The maximum Gasteiger partial charge on any atom is 0.410 e. The highest BCUT2D eigenvalue weighted by Crippen LogP contribution is 1.98. The van der Waals surface area contributed by atoms with Gasteiger partial charge in [-0.15, -0.1) is 0 Å². The number of nitrogens with two attached hydrogens (primary N) is 1. The van der Waals surface area contributed by atoms with Crippen molar-refractivity contribution in [1.82, 2.24) is 4.90 Å². The van der Waals surface area contributed by atoms with E-state index in [4.69, 9.17) is 10.8 Å². The van der Waals surface area contributed by atoms with Crippen LogP contribution < -0.4 is 5.73 Å². The normalized spacial score (nSPS) is 9.73. The van der Waals surface area contributed by atoms with Gasteiger partial charge < -0.3 is 15.6 Å². The monoisotopic (exact) mass is 218 g/mol. The van der Waals surface area contributed by atoms with Gasteiger partial charge in [0, 0.05) is 6.54 Å². The number of amides is 2. The molecule has 2 amide bonds. The van der Waals surface area contributed by atoms with Crippen LogP contribution in [-0.2, 0) is 9.53 Å². The van der Waals surface area contributed by atoms with E-state index in [9.17, 15) is 9.59 Å². The molecular formula is C9H18N2O4. The Morgan fingerprint density at radius 2 is 2.13 bits per heavy atom. The zero-order valence-electron chi connectivity index (χ0n) is 8.94. The summed E-state index contributed by atoms with van der Waals surface area (Å²) >= 11 is 0. The lowest BCUT2D eigenvalue weighted by atomic mass is 10.3. The predicted octanol–water partition coefficient (Wildman–Crippen LogP) is -0.297. The summed E-state index contributed by atoms with van der Waals surface area (Å²) in [6, 6.07) is 0. The van der Waals surface area contributed by atoms with Gasteiger partial charge in [0.1, 0.15) is 13.2 Å². The summed E-state index contributed by atoms with van der Waals surface area (Å²) in [5, 5.41) is 8.47. The number of aliphatic hydroxyl groups excluding tert-OH is 1. The number of ether oxygens (including phenoxy) is 1. The summed E-state index contributed by atoms with van der Waals surface area (Å²) in [5.74, 6) is -0.577. The molecule has 6 nitrogen and oxygen atoms in total. The van der Waals surface area contributed by atoms with Gasteiger partial charge >= 0.3 is 6.09 Å². The Balaban J connectivity index is 4.07. The molecule has 0 unspecified atom stereocenters. The van der Waals surface area contributed by atoms with Crippen LogP contribution in [0.1, 0.15) is 19.8 Å². The van der Waals surface area contributed by atoms with E-state index in [1.165, 1.54) is 4.90 Å². The summed E-state index contributed by atoms with van der Waals surface area (Å²) in [5.41, 5.74) is 4.99. The van der Waals surface area contributed by atoms with Gasteiger partial charge in [-0.1, -0.05) is 13.3 Å². The van der Waals surface area contributed by atoms with Crippen LogP contribution in [0.2, 0.25) is 0 Å². The van der Waals surface area contributed by atoms with E-state index in [1.807, 2.05) is 6.92 Å². The Kier molecular flexibility index (Phi) is 7.35. The fourth-order valence-corrected chi connectivity index (χ4v) is 0.996. The second kappa shape index (κ2) is 8.05. The van der Waals surface area contributed by atoms with Crippen molar-refractivity contribution < 1.29 is 19.4 Å². The molecule has 0 fully saturated rings. The zero-order chi connectivity index (χ0) is 11.7. The van der Waals surface area contributed by atoms with Crippen LogP contribution in [0.5, 0.6) is 0 Å². The van der Waals surface area contributed by atoms with E-state index in [2.05, 4.69) is 4.74 Å². The third-order valence-corrected chi connectivity index (χ3v) is 1.70. The van der Waals surface area contributed by atoms with Crippen molar-refractivity contribution in [3.05, 3.63) is 0 Å². The molecule has 0 spiro atoms. The predicted molar refractivity (Wildman–Crippen MR) is 54.1 cm³/mol. The summed E-state index contributed by atoms with van der Waals surface area (Å²) in [6.45, 7) is 1.96. The molecule has 0 rings (SSSR count). The Morgan fingerprint density at radius 1 is 1.47 bits per heavy atom. The first-order valence-corrected chi connectivity index (χ1v) is 4.92. The molecule has 0 bridgehead atoms. The van der Waals surface area contributed by atoms with Crippen LogP contribution in [0, 0.1) is 0 Å². The molecule has 6 heteroatoms. The number of nitrogens with zero attached hydrogens (tertiary/aromatic N) is 1. The molecule has 3 N–H and O–H groups in total. The SMILES string of the molecule is CCCCN(CC(N)=O)C(=O)OCCO. The van der Waals surface area contributed by atoms with Crippen molar-refractivity contribution in [2.75, 3.05) is 26.3 Å². The molecule has 0 aromatic heterocycles. The third kappa shape index (κ3) is 6.73. The van der Waals surface area contributed by atoms with Crippen molar-refractivity contribution in [2.45, 2.75) is 19.8 Å². The summed E-state index contributed by atoms with van der Waals surface area (Å²) in [4.78, 5) is 23.2. The topological polar surface area (TPSA) is 92.9 Å². The van der Waals surface area contributed by atoms with Crippen LogP contribution in [0.15, 0.2) is 0 Å². The number of primary amides is 1. The molecule has 0 aromatic rings. The second-order valence-electron chi connectivity index (χ2n) is 3.08. The third-order valence-electron chi connectivity index (χ3n) is 1.70.